The van der Waals surface area contributed by atoms with Gasteiger partial charge in [0.2, 0.25) is 0 Å². The molecule has 0 unspecified atom stereocenters. The Kier molecular flexibility index (Phi) is 4.86. The van der Waals surface area contributed by atoms with Gasteiger partial charge in [0, 0.05) is 11.3 Å². The highest BCUT2D eigenvalue weighted by Gasteiger charge is 2.29. The van der Waals surface area contributed by atoms with Gasteiger partial charge in [0.15, 0.2) is 0 Å². The van der Waals surface area contributed by atoms with E-state index in [-0.39, 0.29) is 0 Å². The number of nitrogens with one attached hydrogen (secondary N) is 1. The minimum atomic E-state index is -4.35. The van der Waals surface area contributed by atoms with E-state index in [0.717, 1.165) is 28.8 Å². The Morgan fingerprint density at radius 1 is 0.760 bits per heavy atom. The molecule has 3 rings (SSSR count). The molecule has 0 heterocycles. The van der Waals surface area contributed by atoms with Crippen LogP contribution in [0.25, 0.3) is 11.1 Å². The van der Waals surface area contributed by atoms with Crippen LogP contribution in [-0.2, 0) is 6.18 Å². The van der Waals surface area contributed by atoms with Crippen LogP contribution in [0.1, 0.15) is 11.1 Å². The zero-order valence-corrected chi connectivity index (χ0v) is 13.9. The van der Waals surface area contributed by atoms with E-state index in [9.17, 15) is 13.2 Å². The maximum Gasteiger partial charge on any atom is 0.416 e. The van der Waals surface area contributed by atoms with Crippen molar-refractivity contribution >= 4 is 22.9 Å². The summed E-state index contributed by atoms with van der Waals surface area (Å²) >= 11 is 5.46. The summed E-state index contributed by atoms with van der Waals surface area (Å²) in [6.45, 7) is 0. The van der Waals surface area contributed by atoms with Crippen molar-refractivity contribution in [2.24, 2.45) is 0 Å². The predicted molar refractivity (Wildman–Crippen MR) is 98.6 cm³/mol. The molecule has 0 bridgehead atoms. The highest BCUT2D eigenvalue weighted by atomic mass is 32.1. The fraction of sp³-hybridized carbons (Fsp3) is 0.0500. The molecular formula is C20H14F3NS. The van der Waals surface area contributed by atoms with Gasteiger partial charge in [-0.25, -0.2) is 0 Å². The second-order valence-electron chi connectivity index (χ2n) is 5.44. The number of hydrogen-bond acceptors (Lipinski definition) is 1. The SMILES string of the molecule is FC(F)(F)c1ccc(NC(=S)c2ccccc2-c2ccccc2)cc1. The van der Waals surface area contributed by atoms with Crippen LogP contribution in [0, 0.1) is 0 Å². The highest BCUT2D eigenvalue weighted by Crippen LogP contribution is 2.30. The lowest BCUT2D eigenvalue weighted by Gasteiger charge is -2.14. The first-order valence-electron chi connectivity index (χ1n) is 7.58. The molecule has 1 nitrogen and oxygen atoms in total. The highest BCUT2D eigenvalue weighted by molar-refractivity contribution is 7.81. The van der Waals surface area contributed by atoms with E-state index in [4.69, 9.17) is 12.2 Å². The van der Waals surface area contributed by atoms with Crippen molar-refractivity contribution in [3.63, 3.8) is 0 Å². The van der Waals surface area contributed by atoms with Gasteiger partial charge in [0.1, 0.15) is 4.99 Å². The van der Waals surface area contributed by atoms with Crippen LogP contribution >= 0.6 is 12.2 Å². The van der Waals surface area contributed by atoms with Crippen molar-refractivity contribution in [1.29, 1.82) is 0 Å². The third-order valence-electron chi connectivity index (χ3n) is 3.73. The third-order valence-corrected chi connectivity index (χ3v) is 4.05. The number of anilines is 1. The zero-order valence-electron chi connectivity index (χ0n) is 13.0. The number of halogens is 3. The fourth-order valence-electron chi connectivity index (χ4n) is 2.49. The Morgan fingerprint density at radius 3 is 2.00 bits per heavy atom. The molecule has 0 atom stereocenters. The van der Waals surface area contributed by atoms with Crippen LogP contribution in [-0.4, -0.2) is 4.99 Å². The first kappa shape index (κ1) is 17.2. The predicted octanol–water partition coefficient (Wildman–Crippen LogP) is 6.16. The quantitative estimate of drug-likeness (QED) is 0.563. The van der Waals surface area contributed by atoms with Gasteiger partial charge in [-0.3, -0.25) is 0 Å². The number of alkyl halides is 3. The molecule has 0 aliphatic heterocycles. The van der Waals surface area contributed by atoms with Crippen molar-refractivity contribution in [2.45, 2.75) is 6.18 Å². The molecule has 3 aromatic carbocycles. The van der Waals surface area contributed by atoms with Crippen LogP contribution < -0.4 is 5.32 Å². The molecule has 0 aliphatic carbocycles. The summed E-state index contributed by atoms with van der Waals surface area (Å²) in [5.74, 6) is 0. The van der Waals surface area contributed by atoms with E-state index in [1.807, 2.05) is 54.6 Å². The lowest BCUT2D eigenvalue weighted by atomic mass is 9.99. The Hall–Kier alpha value is -2.66. The summed E-state index contributed by atoms with van der Waals surface area (Å²) in [6.07, 6.45) is -4.35. The Bertz CT molecular complexity index is 871. The van der Waals surface area contributed by atoms with E-state index in [1.165, 1.54) is 12.1 Å². The van der Waals surface area contributed by atoms with E-state index >= 15 is 0 Å². The van der Waals surface area contributed by atoms with Gasteiger partial charge < -0.3 is 5.32 Å². The monoisotopic (exact) mass is 357 g/mol. The van der Waals surface area contributed by atoms with Gasteiger partial charge in [0.25, 0.3) is 0 Å². The topological polar surface area (TPSA) is 12.0 Å². The lowest BCUT2D eigenvalue weighted by molar-refractivity contribution is -0.137. The Labute approximate surface area is 149 Å². The van der Waals surface area contributed by atoms with Gasteiger partial charge >= 0.3 is 6.18 Å². The Morgan fingerprint density at radius 2 is 1.36 bits per heavy atom. The van der Waals surface area contributed by atoms with Crippen molar-refractivity contribution in [3.8, 4) is 11.1 Å². The molecule has 126 valence electrons. The molecule has 0 aromatic heterocycles. The smallest absolute Gasteiger partial charge is 0.346 e. The van der Waals surface area contributed by atoms with Gasteiger partial charge in [-0.15, -0.1) is 0 Å². The number of benzene rings is 3. The Balaban J connectivity index is 1.85. The molecule has 25 heavy (non-hydrogen) atoms. The van der Waals surface area contributed by atoms with Crippen LogP contribution in [0.3, 0.4) is 0 Å². The van der Waals surface area contributed by atoms with E-state index < -0.39 is 11.7 Å². The average Bonchev–Trinajstić information content (AvgIpc) is 2.62. The van der Waals surface area contributed by atoms with E-state index in [0.29, 0.717) is 10.7 Å². The van der Waals surface area contributed by atoms with Gasteiger partial charge in [-0.2, -0.15) is 13.2 Å². The van der Waals surface area contributed by atoms with Gasteiger partial charge in [-0.05, 0) is 35.4 Å². The summed E-state index contributed by atoms with van der Waals surface area (Å²) in [4.78, 5) is 0.458. The molecule has 0 saturated heterocycles. The second kappa shape index (κ2) is 7.07. The van der Waals surface area contributed by atoms with Crippen LogP contribution in [0.4, 0.5) is 18.9 Å². The number of rotatable bonds is 3. The van der Waals surface area contributed by atoms with Crippen molar-refractivity contribution in [2.75, 3.05) is 5.32 Å². The minimum Gasteiger partial charge on any atom is -0.346 e. The lowest BCUT2D eigenvalue weighted by Crippen LogP contribution is -2.12. The molecule has 5 heteroatoms. The van der Waals surface area contributed by atoms with Crippen molar-refractivity contribution in [3.05, 3.63) is 90.0 Å². The molecule has 0 spiro atoms. The first-order valence-corrected chi connectivity index (χ1v) is 7.99. The molecule has 1 N–H and O–H groups in total. The summed E-state index contributed by atoms with van der Waals surface area (Å²) in [5, 5.41) is 3.01. The van der Waals surface area contributed by atoms with Gasteiger partial charge in [0.05, 0.1) is 5.56 Å². The molecule has 0 radical (unpaired) electrons. The molecule has 3 aromatic rings. The summed E-state index contributed by atoms with van der Waals surface area (Å²) in [7, 11) is 0. The normalized spacial score (nSPS) is 11.2. The third kappa shape index (κ3) is 4.06. The summed E-state index contributed by atoms with van der Waals surface area (Å²) in [5.41, 5.74) is 2.64. The molecule has 0 saturated carbocycles. The largest absolute Gasteiger partial charge is 0.416 e. The maximum atomic E-state index is 12.6. The summed E-state index contributed by atoms with van der Waals surface area (Å²) < 4.78 is 37.9. The van der Waals surface area contributed by atoms with Gasteiger partial charge in [-0.1, -0.05) is 66.8 Å². The number of hydrogen-bond donors (Lipinski definition) is 1. The number of thiocarbonyl (C=S) groups is 1. The second-order valence-corrected chi connectivity index (χ2v) is 5.85. The van der Waals surface area contributed by atoms with Crippen LogP contribution in [0.15, 0.2) is 78.9 Å². The van der Waals surface area contributed by atoms with Crippen molar-refractivity contribution < 1.29 is 13.2 Å². The fourth-order valence-corrected chi connectivity index (χ4v) is 2.79. The van der Waals surface area contributed by atoms with E-state index in [1.54, 1.807) is 0 Å². The zero-order chi connectivity index (χ0) is 17.9. The maximum absolute atomic E-state index is 12.6. The molecular weight excluding hydrogens is 343 g/mol. The standard InChI is InChI=1S/C20H14F3NS/c21-20(22,23)15-10-12-16(13-11-15)24-19(25)18-9-5-4-8-17(18)14-6-2-1-3-7-14/h1-13H,(H,24,25). The molecule has 0 fully saturated rings. The van der Waals surface area contributed by atoms with Crippen molar-refractivity contribution in [1.82, 2.24) is 0 Å². The van der Waals surface area contributed by atoms with E-state index in [2.05, 4.69) is 5.32 Å². The average molecular weight is 357 g/mol. The molecule has 0 aliphatic rings. The van der Waals surface area contributed by atoms with Crippen LogP contribution in [0.2, 0.25) is 0 Å². The van der Waals surface area contributed by atoms with Crippen LogP contribution in [0.5, 0.6) is 0 Å². The first-order chi connectivity index (χ1) is 11.9. The summed E-state index contributed by atoms with van der Waals surface area (Å²) in [6, 6.07) is 22.3. The molecule has 0 amide bonds. The minimum absolute atomic E-state index is 0.458.